The number of benzene rings is 2. The maximum absolute atomic E-state index is 11.8. The molecule has 23 heavy (non-hydrogen) atoms. The highest BCUT2D eigenvalue weighted by Gasteiger charge is 2.11. The zero-order valence-corrected chi connectivity index (χ0v) is 12.4. The average Bonchev–Trinajstić information content (AvgIpc) is 2.54. The molecule has 0 aliphatic rings. The molecule has 0 aromatic heterocycles. The van der Waals surface area contributed by atoms with E-state index in [1.165, 1.54) is 18.2 Å². The molecule has 120 valence electrons. The van der Waals surface area contributed by atoms with Crippen molar-refractivity contribution >= 4 is 17.6 Å². The summed E-state index contributed by atoms with van der Waals surface area (Å²) in [5.41, 5.74) is 1.08. The third kappa shape index (κ3) is 5.12. The Kier molecular flexibility index (Phi) is 5.71. The van der Waals surface area contributed by atoms with E-state index in [1.54, 1.807) is 0 Å². The first-order valence-electron chi connectivity index (χ1n) is 7.04. The average molecular weight is 315 g/mol. The topological polar surface area (TPSA) is 95.9 Å². The van der Waals surface area contributed by atoms with Crippen LogP contribution in [0.2, 0.25) is 0 Å². The normalized spacial score (nSPS) is 10.3. The second kappa shape index (κ2) is 7.95. The summed E-state index contributed by atoms with van der Waals surface area (Å²) in [6.45, 7) is 0.682. The number of anilines is 1. The van der Waals surface area contributed by atoms with Crippen molar-refractivity contribution in [1.29, 1.82) is 0 Å². The third-order valence-electron chi connectivity index (χ3n) is 3.10. The SMILES string of the molecule is O=C(CCOCc1ccccc1)Nc1ccc(O)c(C(=O)O)c1. The monoisotopic (exact) mass is 315 g/mol. The second-order valence-corrected chi connectivity index (χ2v) is 4.87. The number of rotatable bonds is 7. The second-order valence-electron chi connectivity index (χ2n) is 4.87. The van der Waals surface area contributed by atoms with Crippen molar-refractivity contribution in [3.8, 4) is 5.75 Å². The number of carboxylic acids is 1. The van der Waals surface area contributed by atoms with Gasteiger partial charge in [-0.3, -0.25) is 4.79 Å². The van der Waals surface area contributed by atoms with Gasteiger partial charge in [0.15, 0.2) is 0 Å². The van der Waals surface area contributed by atoms with Gasteiger partial charge in [0.1, 0.15) is 11.3 Å². The van der Waals surface area contributed by atoms with Gasteiger partial charge < -0.3 is 20.3 Å². The summed E-state index contributed by atoms with van der Waals surface area (Å²) in [5, 5.41) is 20.9. The summed E-state index contributed by atoms with van der Waals surface area (Å²) in [4.78, 5) is 22.7. The number of ether oxygens (including phenoxy) is 1. The van der Waals surface area contributed by atoms with Crippen molar-refractivity contribution in [3.05, 3.63) is 59.7 Å². The molecule has 0 spiro atoms. The van der Waals surface area contributed by atoms with Gasteiger partial charge in [-0.1, -0.05) is 30.3 Å². The molecule has 6 heteroatoms. The molecule has 2 aromatic carbocycles. The van der Waals surface area contributed by atoms with Gasteiger partial charge in [-0.25, -0.2) is 4.79 Å². The minimum Gasteiger partial charge on any atom is -0.507 e. The number of carboxylic acid groups (broad SMARTS) is 1. The highest BCUT2D eigenvalue weighted by atomic mass is 16.5. The number of aromatic carboxylic acids is 1. The number of hydrogen-bond acceptors (Lipinski definition) is 4. The molecule has 2 rings (SSSR count). The molecule has 0 unspecified atom stereocenters. The van der Waals surface area contributed by atoms with Crippen LogP contribution in [-0.4, -0.2) is 28.7 Å². The number of amides is 1. The van der Waals surface area contributed by atoms with Crippen molar-refractivity contribution in [2.45, 2.75) is 13.0 Å². The Hall–Kier alpha value is -2.86. The van der Waals surface area contributed by atoms with E-state index in [9.17, 15) is 14.7 Å². The Morgan fingerprint density at radius 1 is 1.09 bits per heavy atom. The zero-order chi connectivity index (χ0) is 16.7. The number of carbonyl (C=O) groups excluding carboxylic acids is 1. The van der Waals surface area contributed by atoms with Crippen LogP contribution in [0.1, 0.15) is 22.3 Å². The Labute approximate surface area is 133 Å². The van der Waals surface area contributed by atoms with Crippen LogP contribution in [0.5, 0.6) is 5.75 Å². The Balaban J connectivity index is 1.79. The molecule has 0 aliphatic carbocycles. The van der Waals surface area contributed by atoms with Crippen LogP contribution in [0.3, 0.4) is 0 Å². The molecule has 0 aliphatic heterocycles. The standard InChI is InChI=1S/C17H17NO5/c19-15-7-6-13(10-14(15)17(21)22)18-16(20)8-9-23-11-12-4-2-1-3-5-12/h1-7,10,19H,8-9,11H2,(H,18,20)(H,21,22). The summed E-state index contributed by atoms with van der Waals surface area (Å²) in [6, 6.07) is 13.5. The van der Waals surface area contributed by atoms with Crippen LogP contribution in [0.25, 0.3) is 0 Å². The molecule has 0 heterocycles. The Bertz CT molecular complexity index is 685. The predicted octanol–water partition coefficient (Wildman–Crippen LogP) is 2.64. The molecular formula is C17H17NO5. The fourth-order valence-corrected chi connectivity index (χ4v) is 1.94. The van der Waals surface area contributed by atoms with Gasteiger partial charge in [-0.2, -0.15) is 0 Å². The molecule has 3 N–H and O–H groups in total. The number of phenols is 1. The lowest BCUT2D eigenvalue weighted by Crippen LogP contribution is -2.14. The quantitative estimate of drug-likeness (QED) is 0.539. The number of aromatic hydroxyl groups is 1. The lowest BCUT2D eigenvalue weighted by atomic mass is 10.2. The van der Waals surface area contributed by atoms with E-state index in [-0.39, 0.29) is 30.2 Å². The molecule has 0 saturated carbocycles. The van der Waals surface area contributed by atoms with E-state index in [4.69, 9.17) is 9.84 Å². The third-order valence-corrected chi connectivity index (χ3v) is 3.10. The zero-order valence-electron chi connectivity index (χ0n) is 12.4. The maximum atomic E-state index is 11.8. The van der Waals surface area contributed by atoms with Crippen LogP contribution >= 0.6 is 0 Å². The number of carbonyl (C=O) groups is 2. The van der Waals surface area contributed by atoms with Gasteiger partial charge in [0.25, 0.3) is 0 Å². The smallest absolute Gasteiger partial charge is 0.339 e. The van der Waals surface area contributed by atoms with Crippen molar-refractivity contribution < 1.29 is 24.5 Å². The van der Waals surface area contributed by atoms with Crippen LogP contribution < -0.4 is 5.32 Å². The fourth-order valence-electron chi connectivity index (χ4n) is 1.94. The summed E-state index contributed by atoms with van der Waals surface area (Å²) in [7, 11) is 0. The van der Waals surface area contributed by atoms with E-state index in [0.29, 0.717) is 12.3 Å². The molecule has 0 saturated heterocycles. The van der Waals surface area contributed by atoms with Crippen LogP contribution in [-0.2, 0) is 16.1 Å². The minimum absolute atomic E-state index is 0.149. The van der Waals surface area contributed by atoms with Gasteiger partial charge in [0.2, 0.25) is 5.91 Å². The molecular weight excluding hydrogens is 298 g/mol. The molecule has 0 bridgehead atoms. The highest BCUT2D eigenvalue weighted by Crippen LogP contribution is 2.21. The van der Waals surface area contributed by atoms with Crippen LogP contribution in [0.4, 0.5) is 5.69 Å². The summed E-state index contributed by atoms with van der Waals surface area (Å²) in [5.74, 6) is -1.90. The maximum Gasteiger partial charge on any atom is 0.339 e. The Morgan fingerprint density at radius 2 is 1.83 bits per heavy atom. The first kappa shape index (κ1) is 16.5. The van der Waals surface area contributed by atoms with Crippen molar-refractivity contribution in [2.24, 2.45) is 0 Å². The molecule has 0 atom stereocenters. The molecule has 6 nitrogen and oxygen atoms in total. The van der Waals surface area contributed by atoms with E-state index in [1.807, 2.05) is 30.3 Å². The summed E-state index contributed by atoms with van der Waals surface area (Å²) >= 11 is 0. The van der Waals surface area contributed by atoms with Crippen molar-refractivity contribution in [1.82, 2.24) is 0 Å². The van der Waals surface area contributed by atoms with E-state index >= 15 is 0 Å². The largest absolute Gasteiger partial charge is 0.507 e. The van der Waals surface area contributed by atoms with Crippen molar-refractivity contribution in [2.75, 3.05) is 11.9 Å². The Morgan fingerprint density at radius 3 is 2.52 bits per heavy atom. The number of hydrogen-bond donors (Lipinski definition) is 3. The minimum atomic E-state index is -1.26. The lowest BCUT2D eigenvalue weighted by molar-refractivity contribution is -0.117. The van der Waals surface area contributed by atoms with Gasteiger partial charge in [-0.05, 0) is 23.8 Å². The predicted molar refractivity (Wildman–Crippen MR) is 84.4 cm³/mol. The summed E-state index contributed by atoms with van der Waals surface area (Å²) < 4.78 is 5.41. The van der Waals surface area contributed by atoms with Crippen molar-refractivity contribution in [3.63, 3.8) is 0 Å². The highest BCUT2D eigenvalue weighted by molar-refractivity contribution is 5.95. The molecule has 0 fully saturated rings. The van der Waals surface area contributed by atoms with Crippen LogP contribution in [0, 0.1) is 0 Å². The van der Waals surface area contributed by atoms with Gasteiger partial charge in [0, 0.05) is 5.69 Å². The first-order valence-corrected chi connectivity index (χ1v) is 7.04. The molecule has 1 amide bonds. The lowest BCUT2D eigenvalue weighted by Gasteiger charge is -2.08. The van der Waals surface area contributed by atoms with Crippen LogP contribution in [0.15, 0.2) is 48.5 Å². The molecule has 2 aromatic rings. The molecule has 0 radical (unpaired) electrons. The summed E-state index contributed by atoms with van der Waals surface area (Å²) in [6.07, 6.45) is 0.149. The fraction of sp³-hybridized carbons (Fsp3) is 0.176. The van der Waals surface area contributed by atoms with E-state index in [0.717, 1.165) is 5.56 Å². The van der Waals surface area contributed by atoms with E-state index in [2.05, 4.69) is 5.32 Å². The van der Waals surface area contributed by atoms with Gasteiger partial charge in [-0.15, -0.1) is 0 Å². The van der Waals surface area contributed by atoms with Gasteiger partial charge >= 0.3 is 5.97 Å². The van der Waals surface area contributed by atoms with E-state index < -0.39 is 5.97 Å². The first-order chi connectivity index (χ1) is 11.1. The number of nitrogens with one attached hydrogen (secondary N) is 1. The van der Waals surface area contributed by atoms with Gasteiger partial charge in [0.05, 0.1) is 19.6 Å².